The predicted octanol–water partition coefficient (Wildman–Crippen LogP) is 3.52. The van der Waals surface area contributed by atoms with E-state index in [2.05, 4.69) is 27.7 Å². The van der Waals surface area contributed by atoms with Crippen molar-refractivity contribution in [1.82, 2.24) is 0 Å². The monoisotopic (exact) mass is 334 g/mol. The Balaban J connectivity index is 1.76. The molecule has 4 nitrogen and oxygen atoms in total. The maximum atomic E-state index is 12.5. The van der Waals surface area contributed by atoms with Gasteiger partial charge in [-0.2, -0.15) is 0 Å². The van der Waals surface area contributed by atoms with Crippen LogP contribution in [0.25, 0.3) is 0 Å². The summed E-state index contributed by atoms with van der Waals surface area (Å²) in [6, 6.07) is 0. The average molecular weight is 334 g/mol. The summed E-state index contributed by atoms with van der Waals surface area (Å²) in [5.74, 6) is 0.704. The first-order valence-corrected chi connectivity index (χ1v) is 9.57. The highest BCUT2D eigenvalue weighted by Gasteiger charge is 2.70. The van der Waals surface area contributed by atoms with Crippen molar-refractivity contribution >= 4 is 11.8 Å². The zero-order valence-corrected chi connectivity index (χ0v) is 15.6. The second-order valence-electron chi connectivity index (χ2n) is 9.53. The largest absolute Gasteiger partial charge is 0.459 e. The minimum atomic E-state index is -0.292. The molecule has 4 heteroatoms. The molecule has 0 N–H and O–H groups in total. The van der Waals surface area contributed by atoms with Crippen LogP contribution in [0.15, 0.2) is 0 Å². The minimum Gasteiger partial charge on any atom is -0.459 e. The summed E-state index contributed by atoms with van der Waals surface area (Å²) in [5.41, 5.74) is -0.531. The molecule has 0 amide bonds. The van der Waals surface area contributed by atoms with Crippen LogP contribution in [0.1, 0.15) is 66.7 Å². The second kappa shape index (κ2) is 4.84. The van der Waals surface area contributed by atoms with E-state index in [-0.39, 0.29) is 46.4 Å². The Morgan fingerprint density at radius 2 is 1.79 bits per heavy atom. The lowest BCUT2D eigenvalue weighted by molar-refractivity contribution is -0.184. The number of ketones is 1. The van der Waals surface area contributed by atoms with E-state index in [1.165, 1.54) is 0 Å². The molecule has 2 aliphatic heterocycles. The Labute approximate surface area is 144 Å². The molecule has 7 atom stereocenters. The van der Waals surface area contributed by atoms with Crippen LogP contribution in [-0.2, 0) is 19.1 Å². The molecular formula is C20H30O4. The van der Waals surface area contributed by atoms with Crippen LogP contribution in [0, 0.1) is 28.6 Å². The summed E-state index contributed by atoms with van der Waals surface area (Å²) in [7, 11) is 0. The zero-order chi connectivity index (χ0) is 17.5. The topological polar surface area (TPSA) is 52.6 Å². The van der Waals surface area contributed by atoms with Gasteiger partial charge in [0.05, 0.1) is 11.5 Å². The molecule has 2 aliphatic carbocycles. The third kappa shape index (κ3) is 1.84. The SMILES string of the molecule is CC[C@@H]1C(=O)O[C@H]2[C@@H]1O[C@]1(C)CC[C@H]3C(C)(C)C(=O)CC[C@]3(C)[C@@H]21. The van der Waals surface area contributed by atoms with Gasteiger partial charge in [0.1, 0.15) is 18.0 Å². The minimum absolute atomic E-state index is 0.00720. The van der Waals surface area contributed by atoms with E-state index >= 15 is 0 Å². The molecular weight excluding hydrogens is 304 g/mol. The van der Waals surface area contributed by atoms with Gasteiger partial charge in [0.25, 0.3) is 0 Å². The fraction of sp³-hybridized carbons (Fsp3) is 0.900. The van der Waals surface area contributed by atoms with E-state index in [0.29, 0.717) is 18.1 Å². The van der Waals surface area contributed by atoms with Gasteiger partial charge in [0.15, 0.2) is 0 Å². The van der Waals surface area contributed by atoms with Gasteiger partial charge in [-0.15, -0.1) is 0 Å². The van der Waals surface area contributed by atoms with Crippen molar-refractivity contribution in [2.24, 2.45) is 28.6 Å². The van der Waals surface area contributed by atoms with Crippen molar-refractivity contribution in [2.75, 3.05) is 0 Å². The molecule has 0 unspecified atom stereocenters. The average Bonchev–Trinajstić information content (AvgIpc) is 2.93. The fourth-order valence-corrected chi connectivity index (χ4v) is 6.87. The molecule has 2 saturated heterocycles. The van der Waals surface area contributed by atoms with Gasteiger partial charge in [0, 0.05) is 17.8 Å². The van der Waals surface area contributed by atoms with Crippen LogP contribution >= 0.6 is 0 Å². The number of ether oxygens (including phenoxy) is 2. The lowest BCUT2D eigenvalue weighted by atomic mass is 9.45. The number of Topliss-reactive ketones (excluding diaryl/α,β-unsaturated/α-hetero) is 1. The van der Waals surface area contributed by atoms with E-state index in [1.807, 2.05) is 6.92 Å². The van der Waals surface area contributed by atoms with Gasteiger partial charge in [-0.3, -0.25) is 9.59 Å². The molecule has 0 aromatic rings. The van der Waals surface area contributed by atoms with Gasteiger partial charge in [0.2, 0.25) is 0 Å². The number of hydrogen-bond donors (Lipinski definition) is 0. The van der Waals surface area contributed by atoms with Crippen LogP contribution in [0.5, 0.6) is 0 Å². The first kappa shape index (κ1) is 16.6. The summed E-state index contributed by atoms with van der Waals surface area (Å²) in [4.78, 5) is 24.8. The van der Waals surface area contributed by atoms with Gasteiger partial charge >= 0.3 is 5.97 Å². The lowest BCUT2D eigenvalue weighted by Crippen LogP contribution is -2.60. The third-order valence-corrected chi connectivity index (χ3v) is 8.02. The Morgan fingerprint density at radius 1 is 1.08 bits per heavy atom. The molecule has 4 rings (SSSR count). The fourth-order valence-electron chi connectivity index (χ4n) is 6.87. The molecule has 0 aromatic heterocycles. The van der Waals surface area contributed by atoms with Crippen molar-refractivity contribution in [2.45, 2.75) is 84.5 Å². The molecule has 2 heterocycles. The first-order valence-electron chi connectivity index (χ1n) is 9.57. The highest BCUT2D eigenvalue weighted by Crippen LogP contribution is 2.66. The van der Waals surface area contributed by atoms with E-state index in [4.69, 9.17) is 9.47 Å². The smallest absolute Gasteiger partial charge is 0.312 e. The number of fused-ring (bicyclic) bond motifs is 5. The first-order chi connectivity index (χ1) is 11.1. The Morgan fingerprint density at radius 3 is 2.46 bits per heavy atom. The maximum absolute atomic E-state index is 12.5. The number of carbonyl (C=O) groups is 2. The normalized spacial score (nSPS) is 52.5. The maximum Gasteiger partial charge on any atom is 0.312 e. The summed E-state index contributed by atoms with van der Waals surface area (Å²) in [6.07, 6.45) is 4.03. The molecule has 2 saturated carbocycles. The number of esters is 1. The Hall–Kier alpha value is -0.900. The van der Waals surface area contributed by atoms with E-state index < -0.39 is 0 Å². The van der Waals surface area contributed by atoms with Crippen LogP contribution in [-0.4, -0.2) is 29.6 Å². The van der Waals surface area contributed by atoms with Crippen LogP contribution in [0.4, 0.5) is 0 Å². The van der Waals surface area contributed by atoms with Crippen molar-refractivity contribution in [1.29, 1.82) is 0 Å². The zero-order valence-electron chi connectivity index (χ0n) is 15.6. The summed E-state index contributed by atoms with van der Waals surface area (Å²) in [5, 5.41) is 0. The summed E-state index contributed by atoms with van der Waals surface area (Å²) in [6.45, 7) is 10.8. The quantitative estimate of drug-likeness (QED) is 0.689. The van der Waals surface area contributed by atoms with Crippen molar-refractivity contribution < 1.29 is 19.1 Å². The molecule has 4 aliphatic rings. The second-order valence-corrected chi connectivity index (χ2v) is 9.53. The van der Waals surface area contributed by atoms with Crippen molar-refractivity contribution in [3.05, 3.63) is 0 Å². The standard InChI is InChI=1S/C20H30O4/c1-6-11-14-15(23-17(11)22)16-19(4)9-8-13(21)18(2,3)12(19)7-10-20(16,5)24-14/h11-12,14-16H,6-10H2,1-5H3/t11-,12-,14+,15-,16+,19-,20+/m0/s1. The lowest BCUT2D eigenvalue weighted by Gasteiger charge is -2.59. The van der Waals surface area contributed by atoms with E-state index in [9.17, 15) is 9.59 Å². The Kier molecular flexibility index (Phi) is 3.34. The van der Waals surface area contributed by atoms with Crippen molar-refractivity contribution in [3.63, 3.8) is 0 Å². The third-order valence-electron chi connectivity index (χ3n) is 8.02. The predicted molar refractivity (Wildman–Crippen MR) is 89.3 cm³/mol. The van der Waals surface area contributed by atoms with Gasteiger partial charge in [-0.25, -0.2) is 0 Å². The van der Waals surface area contributed by atoms with E-state index in [1.54, 1.807) is 0 Å². The van der Waals surface area contributed by atoms with Gasteiger partial charge in [-0.1, -0.05) is 27.7 Å². The van der Waals surface area contributed by atoms with Crippen LogP contribution in [0.2, 0.25) is 0 Å². The number of carbonyl (C=O) groups excluding carboxylic acids is 2. The molecule has 4 fully saturated rings. The number of hydrogen-bond acceptors (Lipinski definition) is 4. The van der Waals surface area contributed by atoms with Gasteiger partial charge < -0.3 is 9.47 Å². The van der Waals surface area contributed by atoms with Crippen LogP contribution < -0.4 is 0 Å². The summed E-state index contributed by atoms with van der Waals surface area (Å²) >= 11 is 0. The summed E-state index contributed by atoms with van der Waals surface area (Å²) < 4.78 is 12.4. The van der Waals surface area contributed by atoms with E-state index in [0.717, 1.165) is 25.7 Å². The molecule has 0 bridgehead atoms. The highest BCUT2D eigenvalue weighted by molar-refractivity contribution is 5.85. The molecule has 0 spiro atoms. The molecule has 134 valence electrons. The number of rotatable bonds is 1. The Bertz CT molecular complexity index is 596. The highest BCUT2D eigenvalue weighted by atomic mass is 16.6. The van der Waals surface area contributed by atoms with Gasteiger partial charge in [-0.05, 0) is 43.9 Å². The van der Waals surface area contributed by atoms with Crippen molar-refractivity contribution in [3.8, 4) is 0 Å². The molecule has 24 heavy (non-hydrogen) atoms. The van der Waals surface area contributed by atoms with Crippen LogP contribution in [0.3, 0.4) is 0 Å². The molecule has 0 aromatic carbocycles. The molecule has 0 radical (unpaired) electrons.